The Hall–Kier alpha value is -1.02. The predicted molar refractivity (Wildman–Crippen MR) is 83.1 cm³/mol. The van der Waals surface area contributed by atoms with Gasteiger partial charge in [0.2, 0.25) is 0 Å². The van der Waals surface area contributed by atoms with E-state index in [-0.39, 0.29) is 6.04 Å². The molecule has 19 heavy (non-hydrogen) atoms. The molecule has 0 saturated heterocycles. The van der Waals surface area contributed by atoms with Gasteiger partial charge in [0.25, 0.3) is 0 Å². The lowest BCUT2D eigenvalue weighted by Gasteiger charge is -2.19. The summed E-state index contributed by atoms with van der Waals surface area (Å²) in [5.74, 6) is 0. The van der Waals surface area contributed by atoms with E-state index in [0.29, 0.717) is 0 Å². The van der Waals surface area contributed by atoms with Crippen molar-refractivity contribution in [2.75, 3.05) is 7.05 Å². The molecule has 3 heteroatoms. The molecule has 1 unspecified atom stereocenters. The number of rotatable bonds is 4. The molecule has 2 aromatic carbocycles. The fraction of sp³-hybridized carbons (Fsp3) is 0.250. The van der Waals surface area contributed by atoms with Gasteiger partial charge in [0.15, 0.2) is 0 Å². The summed E-state index contributed by atoms with van der Waals surface area (Å²) in [4.78, 5) is 0. The fourth-order valence-corrected chi connectivity index (χ4v) is 2.55. The second-order valence-electron chi connectivity index (χ2n) is 4.65. The van der Waals surface area contributed by atoms with Gasteiger partial charge in [-0.15, -0.1) is 0 Å². The fourth-order valence-electron chi connectivity index (χ4n) is 2.16. The SMILES string of the molecule is CNC(Cc1ccc(Cl)cc1)c1cccc(C)c1Cl. The van der Waals surface area contributed by atoms with E-state index in [4.69, 9.17) is 23.2 Å². The first-order chi connectivity index (χ1) is 9.11. The summed E-state index contributed by atoms with van der Waals surface area (Å²) < 4.78 is 0. The summed E-state index contributed by atoms with van der Waals surface area (Å²) in [5, 5.41) is 4.94. The van der Waals surface area contributed by atoms with Crippen LogP contribution >= 0.6 is 23.2 Å². The Morgan fingerprint density at radius 1 is 1.05 bits per heavy atom. The van der Waals surface area contributed by atoms with E-state index < -0.39 is 0 Å². The Morgan fingerprint density at radius 2 is 1.74 bits per heavy atom. The van der Waals surface area contributed by atoms with Crippen LogP contribution in [0, 0.1) is 6.92 Å². The molecule has 0 spiro atoms. The standard InChI is InChI=1S/C16H17Cl2N/c1-11-4-3-5-14(16(11)18)15(19-2)10-12-6-8-13(17)9-7-12/h3-9,15,19H,10H2,1-2H3. The third kappa shape index (κ3) is 3.50. The summed E-state index contributed by atoms with van der Waals surface area (Å²) in [5.41, 5.74) is 3.48. The van der Waals surface area contributed by atoms with Crippen LogP contribution in [0.5, 0.6) is 0 Å². The van der Waals surface area contributed by atoms with Crippen LogP contribution in [-0.2, 0) is 6.42 Å². The maximum atomic E-state index is 6.40. The molecule has 2 aromatic rings. The molecule has 2 rings (SSSR count). The first-order valence-corrected chi connectivity index (χ1v) is 7.04. The summed E-state index contributed by atoms with van der Waals surface area (Å²) in [6.07, 6.45) is 0.886. The third-order valence-corrected chi connectivity index (χ3v) is 4.07. The van der Waals surface area contributed by atoms with Crippen LogP contribution in [0.4, 0.5) is 0 Å². The number of aryl methyl sites for hydroxylation is 1. The normalized spacial score (nSPS) is 12.4. The zero-order chi connectivity index (χ0) is 13.8. The Balaban J connectivity index is 2.25. The van der Waals surface area contributed by atoms with Crippen LogP contribution < -0.4 is 5.32 Å². The first kappa shape index (κ1) is 14.4. The lowest BCUT2D eigenvalue weighted by molar-refractivity contribution is 0.592. The molecule has 1 atom stereocenters. The van der Waals surface area contributed by atoms with Gasteiger partial charge in [-0.3, -0.25) is 0 Å². The third-order valence-electron chi connectivity index (χ3n) is 3.30. The Kier molecular flexibility index (Phi) is 4.87. The number of nitrogens with one attached hydrogen (secondary N) is 1. The second kappa shape index (κ2) is 6.42. The molecule has 0 aliphatic carbocycles. The maximum absolute atomic E-state index is 6.40. The summed E-state index contributed by atoms with van der Waals surface area (Å²) in [6, 6.07) is 14.3. The molecule has 0 heterocycles. The Bertz CT molecular complexity index is 549. The summed E-state index contributed by atoms with van der Waals surface area (Å²) in [6.45, 7) is 2.03. The maximum Gasteiger partial charge on any atom is 0.0483 e. The quantitative estimate of drug-likeness (QED) is 0.853. The van der Waals surface area contributed by atoms with Crippen LogP contribution in [0.1, 0.15) is 22.7 Å². The molecule has 100 valence electrons. The molecule has 0 radical (unpaired) electrons. The molecule has 0 aromatic heterocycles. The van der Waals surface area contributed by atoms with Crippen molar-refractivity contribution in [2.24, 2.45) is 0 Å². The van der Waals surface area contributed by atoms with Crippen molar-refractivity contribution in [1.29, 1.82) is 0 Å². The minimum Gasteiger partial charge on any atom is -0.313 e. The lowest BCUT2D eigenvalue weighted by atomic mass is 9.97. The average molecular weight is 294 g/mol. The van der Waals surface area contributed by atoms with Gasteiger partial charge < -0.3 is 5.32 Å². The van der Waals surface area contributed by atoms with Gasteiger partial charge in [0, 0.05) is 16.1 Å². The van der Waals surface area contributed by atoms with Crippen molar-refractivity contribution >= 4 is 23.2 Å². The second-order valence-corrected chi connectivity index (χ2v) is 5.46. The molecule has 0 bridgehead atoms. The van der Waals surface area contributed by atoms with E-state index in [2.05, 4.69) is 23.5 Å². The van der Waals surface area contributed by atoms with Crippen molar-refractivity contribution < 1.29 is 0 Å². The molecular formula is C16H17Cl2N. The van der Waals surface area contributed by atoms with Gasteiger partial charge in [0.05, 0.1) is 0 Å². The molecule has 0 aliphatic heterocycles. The minimum atomic E-state index is 0.202. The van der Waals surface area contributed by atoms with Crippen molar-refractivity contribution in [3.05, 3.63) is 69.2 Å². The van der Waals surface area contributed by atoms with E-state index in [1.807, 2.05) is 38.2 Å². The van der Waals surface area contributed by atoms with Gasteiger partial charge in [-0.1, -0.05) is 53.5 Å². The summed E-state index contributed by atoms with van der Waals surface area (Å²) in [7, 11) is 1.96. The van der Waals surface area contributed by atoms with E-state index in [9.17, 15) is 0 Å². The monoisotopic (exact) mass is 293 g/mol. The molecular weight excluding hydrogens is 277 g/mol. The highest BCUT2D eigenvalue weighted by molar-refractivity contribution is 6.32. The van der Waals surface area contributed by atoms with Crippen LogP contribution in [0.25, 0.3) is 0 Å². The van der Waals surface area contributed by atoms with E-state index in [1.165, 1.54) is 5.56 Å². The Morgan fingerprint density at radius 3 is 2.37 bits per heavy atom. The molecule has 1 nitrogen and oxygen atoms in total. The van der Waals surface area contributed by atoms with Crippen molar-refractivity contribution in [2.45, 2.75) is 19.4 Å². The number of likely N-dealkylation sites (N-methyl/N-ethyl adjacent to an activating group) is 1. The van der Waals surface area contributed by atoms with Crippen LogP contribution in [0.15, 0.2) is 42.5 Å². The van der Waals surface area contributed by atoms with Crippen LogP contribution in [0.3, 0.4) is 0 Å². The van der Waals surface area contributed by atoms with Crippen LogP contribution in [0.2, 0.25) is 10.0 Å². The number of hydrogen-bond acceptors (Lipinski definition) is 1. The average Bonchev–Trinajstić information content (AvgIpc) is 2.42. The van der Waals surface area contributed by atoms with Crippen LogP contribution in [-0.4, -0.2) is 7.05 Å². The molecule has 0 amide bonds. The van der Waals surface area contributed by atoms with Gasteiger partial charge in [0.1, 0.15) is 0 Å². The number of benzene rings is 2. The van der Waals surface area contributed by atoms with Gasteiger partial charge in [-0.25, -0.2) is 0 Å². The summed E-state index contributed by atoms with van der Waals surface area (Å²) >= 11 is 12.3. The van der Waals surface area contributed by atoms with Crippen molar-refractivity contribution in [1.82, 2.24) is 5.32 Å². The minimum absolute atomic E-state index is 0.202. The van der Waals surface area contributed by atoms with E-state index in [1.54, 1.807) is 0 Å². The van der Waals surface area contributed by atoms with E-state index >= 15 is 0 Å². The number of halogens is 2. The highest BCUT2D eigenvalue weighted by Crippen LogP contribution is 2.28. The van der Waals surface area contributed by atoms with Crippen molar-refractivity contribution in [3.8, 4) is 0 Å². The molecule has 0 fully saturated rings. The Labute approximate surface area is 124 Å². The highest BCUT2D eigenvalue weighted by atomic mass is 35.5. The van der Waals surface area contributed by atoms with Gasteiger partial charge in [-0.2, -0.15) is 0 Å². The van der Waals surface area contributed by atoms with Gasteiger partial charge >= 0.3 is 0 Å². The molecule has 1 N–H and O–H groups in total. The zero-order valence-electron chi connectivity index (χ0n) is 11.1. The lowest BCUT2D eigenvalue weighted by Crippen LogP contribution is -2.19. The molecule has 0 saturated carbocycles. The predicted octanol–water partition coefficient (Wildman–Crippen LogP) is 4.81. The van der Waals surface area contributed by atoms with Crippen molar-refractivity contribution in [3.63, 3.8) is 0 Å². The largest absolute Gasteiger partial charge is 0.313 e. The van der Waals surface area contributed by atoms with E-state index in [0.717, 1.165) is 27.6 Å². The first-order valence-electron chi connectivity index (χ1n) is 6.28. The topological polar surface area (TPSA) is 12.0 Å². The highest BCUT2D eigenvalue weighted by Gasteiger charge is 2.14. The number of hydrogen-bond donors (Lipinski definition) is 1. The van der Waals surface area contributed by atoms with Gasteiger partial charge in [-0.05, 0) is 49.2 Å². The molecule has 0 aliphatic rings. The smallest absolute Gasteiger partial charge is 0.0483 e. The zero-order valence-corrected chi connectivity index (χ0v) is 12.6.